The first kappa shape index (κ1) is 18.7. The fourth-order valence-corrected chi connectivity index (χ4v) is 4.64. The summed E-state index contributed by atoms with van der Waals surface area (Å²) in [5, 5.41) is 10.8. The summed E-state index contributed by atoms with van der Waals surface area (Å²) in [5.41, 5.74) is 6.91. The summed E-state index contributed by atoms with van der Waals surface area (Å²) >= 11 is 3.68. The highest BCUT2D eigenvalue weighted by Crippen LogP contribution is 2.50. The zero-order chi connectivity index (χ0) is 19.8. The van der Waals surface area contributed by atoms with Crippen LogP contribution >= 0.6 is 15.9 Å². The van der Waals surface area contributed by atoms with Crippen molar-refractivity contribution in [2.45, 2.75) is 26.2 Å². The van der Waals surface area contributed by atoms with Gasteiger partial charge in [0.1, 0.15) is 5.75 Å². The van der Waals surface area contributed by atoms with Crippen molar-refractivity contribution in [1.29, 1.82) is 0 Å². The molecular weight excluding hydrogens is 418 g/mol. The molecule has 0 saturated heterocycles. The smallest absolute Gasteiger partial charge is 0.302 e. The number of aromatic nitrogens is 1. The molecule has 0 radical (unpaired) electrons. The molecule has 2 aromatic carbocycles. The highest BCUT2D eigenvalue weighted by Gasteiger charge is 2.32. The molecule has 0 amide bonds. The first-order valence-corrected chi connectivity index (χ1v) is 9.95. The molecule has 1 heterocycles. The molecule has 1 unspecified atom stereocenters. The molecule has 142 valence electrons. The van der Waals surface area contributed by atoms with Gasteiger partial charge in [-0.25, -0.2) is 0 Å². The fraction of sp³-hybridized carbons (Fsp3) is 0.217. The van der Waals surface area contributed by atoms with Crippen LogP contribution in [0.5, 0.6) is 5.75 Å². The largest absolute Gasteiger partial charge is 0.507 e. The fourth-order valence-electron chi connectivity index (χ4n) is 4.07. The Bertz CT molecular complexity index is 1060. The first-order valence-electron chi connectivity index (χ1n) is 9.16. The third-order valence-electron chi connectivity index (χ3n) is 5.24. The summed E-state index contributed by atoms with van der Waals surface area (Å²) in [6.07, 6.45) is 2.48. The molecule has 1 aromatic heterocycles. The summed E-state index contributed by atoms with van der Waals surface area (Å²) in [6, 6.07) is 13.5. The highest BCUT2D eigenvalue weighted by molar-refractivity contribution is 9.10. The minimum atomic E-state index is -0.302. The lowest BCUT2D eigenvalue weighted by molar-refractivity contribution is -0.141. The summed E-state index contributed by atoms with van der Waals surface area (Å²) in [4.78, 5) is 16.0. The van der Waals surface area contributed by atoms with Crippen molar-refractivity contribution in [2.24, 2.45) is 0 Å². The second-order valence-corrected chi connectivity index (χ2v) is 7.91. The molecule has 1 aliphatic carbocycles. The number of hydrogen-bond donors (Lipinski definition) is 1. The van der Waals surface area contributed by atoms with Crippen molar-refractivity contribution in [1.82, 2.24) is 4.98 Å². The molecule has 0 fully saturated rings. The van der Waals surface area contributed by atoms with Crippen LogP contribution < -0.4 is 0 Å². The summed E-state index contributed by atoms with van der Waals surface area (Å²) in [5.74, 6) is -0.104. The Morgan fingerprint density at radius 3 is 2.75 bits per heavy atom. The Morgan fingerprint density at radius 2 is 2.04 bits per heavy atom. The van der Waals surface area contributed by atoms with E-state index in [0.717, 1.165) is 43.5 Å². The van der Waals surface area contributed by atoms with Gasteiger partial charge in [-0.1, -0.05) is 34.1 Å². The maximum absolute atomic E-state index is 11.4. The third kappa shape index (κ3) is 3.20. The monoisotopic (exact) mass is 437 g/mol. The van der Waals surface area contributed by atoms with Crippen LogP contribution in [0.4, 0.5) is 0 Å². The molecular formula is C23H20BrNO3. The van der Waals surface area contributed by atoms with Crippen molar-refractivity contribution in [3.63, 3.8) is 0 Å². The van der Waals surface area contributed by atoms with Gasteiger partial charge >= 0.3 is 5.97 Å². The Balaban J connectivity index is 1.98. The van der Waals surface area contributed by atoms with Crippen molar-refractivity contribution in [3.05, 3.63) is 69.8 Å². The van der Waals surface area contributed by atoms with E-state index in [4.69, 9.17) is 4.74 Å². The maximum Gasteiger partial charge on any atom is 0.302 e. The maximum atomic E-state index is 11.4. The molecule has 4 nitrogen and oxygen atoms in total. The average molecular weight is 438 g/mol. The molecule has 0 saturated carbocycles. The molecule has 0 bridgehead atoms. The van der Waals surface area contributed by atoms with E-state index < -0.39 is 0 Å². The van der Waals surface area contributed by atoms with Crippen LogP contribution in [0.2, 0.25) is 0 Å². The second kappa shape index (κ2) is 7.40. The van der Waals surface area contributed by atoms with Crippen LogP contribution in [-0.2, 0) is 16.0 Å². The number of aryl methyl sites for hydroxylation is 1. The number of fused-ring (bicyclic) bond motifs is 3. The number of esters is 1. The lowest BCUT2D eigenvalue weighted by Gasteiger charge is -2.31. The Morgan fingerprint density at radius 1 is 1.21 bits per heavy atom. The third-order valence-corrected chi connectivity index (χ3v) is 5.90. The number of benzene rings is 2. The zero-order valence-electron chi connectivity index (χ0n) is 15.7. The quantitative estimate of drug-likeness (QED) is 0.557. The standard InChI is InChI=1S/C23H20BrNO3/c1-13-6-9-20(27)23-21(13)15(12-28-14(2)26)11-17-16(7-8-18(24)22(17)23)19-5-3-4-10-25-19/h3-10,15,27H,11-12H2,1-2H3. The molecule has 1 aliphatic rings. The minimum absolute atomic E-state index is 0.0322. The summed E-state index contributed by atoms with van der Waals surface area (Å²) < 4.78 is 6.30. The number of hydrogen-bond acceptors (Lipinski definition) is 4. The topological polar surface area (TPSA) is 59.4 Å². The Labute approximate surface area is 172 Å². The van der Waals surface area contributed by atoms with Gasteiger partial charge in [-0.3, -0.25) is 9.78 Å². The van der Waals surface area contributed by atoms with Gasteiger partial charge in [0.15, 0.2) is 0 Å². The van der Waals surface area contributed by atoms with E-state index in [0.29, 0.717) is 6.42 Å². The summed E-state index contributed by atoms with van der Waals surface area (Å²) in [6.45, 7) is 3.73. The summed E-state index contributed by atoms with van der Waals surface area (Å²) in [7, 11) is 0. The van der Waals surface area contributed by atoms with Gasteiger partial charge in [-0.05, 0) is 54.3 Å². The first-order chi connectivity index (χ1) is 13.5. The van der Waals surface area contributed by atoms with Crippen LogP contribution in [0, 0.1) is 6.92 Å². The number of halogens is 1. The lowest BCUT2D eigenvalue weighted by atomic mass is 9.75. The predicted octanol–water partition coefficient (Wildman–Crippen LogP) is 5.39. The van der Waals surface area contributed by atoms with E-state index in [2.05, 4.69) is 20.9 Å². The predicted molar refractivity (Wildman–Crippen MR) is 112 cm³/mol. The van der Waals surface area contributed by atoms with Crippen LogP contribution in [0.1, 0.15) is 29.5 Å². The number of nitrogens with zero attached hydrogens (tertiary/aromatic N) is 1. The van der Waals surface area contributed by atoms with Gasteiger partial charge in [0, 0.05) is 40.2 Å². The van der Waals surface area contributed by atoms with Crippen molar-refractivity contribution >= 4 is 21.9 Å². The molecule has 4 rings (SSSR count). The van der Waals surface area contributed by atoms with Crippen molar-refractivity contribution in [3.8, 4) is 28.1 Å². The zero-order valence-corrected chi connectivity index (χ0v) is 17.3. The van der Waals surface area contributed by atoms with Gasteiger partial charge in [-0.2, -0.15) is 0 Å². The number of phenolic OH excluding ortho intramolecular Hbond substituents is 1. The van der Waals surface area contributed by atoms with Gasteiger partial charge in [0.05, 0.1) is 12.3 Å². The van der Waals surface area contributed by atoms with E-state index in [-0.39, 0.29) is 24.2 Å². The number of carbonyl (C=O) groups excluding carboxylic acids is 1. The van der Waals surface area contributed by atoms with E-state index in [1.54, 1.807) is 12.3 Å². The number of ether oxygens (including phenoxy) is 1. The van der Waals surface area contributed by atoms with Crippen LogP contribution in [0.15, 0.2) is 53.1 Å². The molecule has 1 N–H and O–H groups in total. The number of phenols is 1. The Kier molecular flexibility index (Phi) is 4.94. The molecule has 3 aromatic rings. The van der Waals surface area contributed by atoms with E-state index in [1.807, 2.05) is 43.3 Å². The number of rotatable bonds is 3. The normalized spacial score (nSPS) is 14.9. The Hall–Kier alpha value is -2.66. The number of pyridine rings is 1. The van der Waals surface area contributed by atoms with E-state index in [1.165, 1.54) is 6.92 Å². The molecule has 1 atom stereocenters. The average Bonchev–Trinajstić information content (AvgIpc) is 2.69. The second-order valence-electron chi connectivity index (χ2n) is 7.06. The lowest BCUT2D eigenvalue weighted by Crippen LogP contribution is -2.20. The van der Waals surface area contributed by atoms with E-state index >= 15 is 0 Å². The van der Waals surface area contributed by atoms with Crippen molar-refractivity contribution in [2.75, 3.05) is 6.61 Å². The van der Waals surface area contributed by atoms with Crippen molar-refractivity contribution < 1.29 is 14.6 Å². The van der Waals surface area contributed by atoms with Crippen LogP contribution in [-0.4, -0.2) is 22.7 Å². The minimum Gasteiger partial charge on any atom is -0.507 e. The molecule has 5 heteroatoms. The van der Waals surface area contributed by atoms with Gasteiger partial charge in [-0.15, -0.1) is 0 Å². The molecule has 28 heavy (non-hydrogen) atoms. The number of carbonyl (C=O) groups is 1. The van der Waals surface area contributed by atoms with Gasteiger partial charge in [0.25, 0.3) is 0 Å². The van der Waals surface area contributed by atoms with Crippen LogP contribution in [0.25, 0.3) is 22.4 Å². The van der Waals surface area contributed by atoms with Gasteiger partial charge in [0.2, 0.25) is 0 Å². The SMILES string of the molecule is CC(=O)OCC1Cc2c(-c3ccccn3)ccc(Br)c2-c2c(O)ccc(C)c21. The van der Waals surface area contributed by atoms with Crippen LogP contribution in [0.3, 0.4) is 0 Å². The van der Waals surface area contributed by atoms with Gasteiger partial charge < -0.3 is 9.84 Å². The number of aromatic hydroxyl groups is 1. The van der Waals surface area contributed by atoms with E-state index in [9.17, 15) is 9.90 Å². The molecule has 0 aliphatic heterocycles. The highest BCUT2D eigenvalue weighted by atomic mass is 79.9. The molecule has 0 spiro atoms.